The molecule has 1 nitrogen and oxygen atoms in total. The molecule has 2 heteroatoms. The highest BCUT2D eigenvalue weighted by molar-refractivity contribution is 5.26. The van der Waals surface area contributed by atoms with Crippen LogP contribution in [0, 0.1) is 24.6 Å². The molecule has 0 saturated heterocycles. The molecular weight excluding hydrogens is 249 g/mol. The van der Waals surface area contributed by atoms with Gasteiger partial charge in [-0.1, -0.05) is 45.2 Å². The highest BCUT2D eigenvalue weighted by Gasteiger charge is 2.29. The van der Waals surface area contributed by atoms with E-state index in [1.807, 2.05) is 19.1 Å². The third-order valence-corrected chi connectivity index (χ3v) is 4.86. The van der Waals surface area contributed by atoms with E-state index >= 15 is 0 Å². The first-order valence-corrected chi connectivity index (χ1v) is 8.15. The fraction of sp³-hybridized carbons (Fsp3) is 0.667. The Morgan fingerprint density at radius 3 is 2.45 bits per heavy atom. The zero-order chi connectivity index (χ0) is 14.5. The van der Waals surface area contributed by atoms with E-state index in [0.29, 0.717) is 5.92 Å². The fourth-order valence-corrected chi connectivity index (χ4v) is 3.56. The molecule has 1 fully saturated rings. The number of nitrogens with one attached hydrogen (secondary N) is 1. The molecule has 20 heavy (non-hydrogen) atoms. The lowest BCUT2D eigenvalue weighted by molar-refractivity contribution is 0.217. The molecule has 0 spiro atoms. The average molecular weight is 277 g/mol. The quantitative estimate of drug-likeness (QED) is 0.798. The topological polar surface area (TPSA) is 12.0 Å². The molecule has 1 unspecified atom stereocenters. The summed E-state index contributed by atoms with van der Waals surface area (Å²) in [6.45, 7) is 7.23. The Labute approximate surface area is 123 Å². The number of halogens is 1. The third-order valence-electron chi connectivity index (χ3n) is 4.86. The van der Waals surface area contributed by atoms with Crippen LogP contribution >= 0.6 is 0 Å². The highest BCUT2D eigenvalue weighted by atomic mass is 19.1. The monoisotopic (exact) mass is 277 g/mol. The van der Waals surface area contributed by atoms with E-state index in [2.05, 4.69) is 19.2 Å². The van der Waals surface area contributed by atoms with E-state index in [0.717, 1.165) is 23.6 Å². The van der Waals surface area contributed by atoms with Crippen LogP contribution in [0.4, 0.5) is 4.39 Å². The number of hydrogen-bond donors (Lipinski definition) is 1. The maximum absolute atomic E-state index is 14.3. The largest absolute Gasteiger partial charge is 0.310 e. The SMILES string of the molecule is CCNC(c1ccc(C)cc1F)C1CCC(CC)CC1. The molecule has 1 aromatic carbocycles. The second-order valence-corrected chi connectivity index (χ2v) is 6.25. The molecule has 0 aromatic heterocycles. The highest BCUT2D eigenvalue weighted by Crippen LogP contribution is 2.38. The van der Waals surface area contributed by atoms with E-state index < -0.39 is 0 Å². The van der Waals surface area contributed by atoms with E-state index in [1.165, 1.54) is 32.1 Å². The van der Waals surface area contributed by atoms with Gasteiger partial charge in [0.1, 0.15) is 5.82 Å². The molecule has 0 aliphatic heterocycles. The lowest BCUT2D eigenvalue weighted by Crippen LogP contribution is -2.31. The molecule has 0 bridgehead atoms. The van der Waals surface area contributed by atoms with Crippen molar-refractivity contribution in [3.63, 3.8) is 0 Å². The lowest BCUT2D eigenvalue weighted by atomic mass is 9.76. The van der Waals surface area contributed by atoms with Crippen molar-refractivity contribution in [2.24, 2.45) is 11.8 Å². The van der Waals surface area contributed by atoms with Gasteiger partial charge in [-0.25, -0.2) is 4.39 Å². The summed E-state index contributed by atoms with van der Waals surface area (Å²) < 4.78 is 14.3. The molecule has 1 aromatic rings. The van der Waals surface area contributed by atoms with Crippen molar-refractivity contribution in [1.29, 1.82) is 0 Å². The minimum Gasteiger partial charge on any atom is -0.310 e. The van der Waals surface area contributed by atoms with E-state index in [9.17, 15) is 4.39 Å². The maximum atomic E-state index is 14.3. The van der Waals surface area contributed by atoms with Crippen LogP contribution in [0.15, 0.2) is 18.2 Å². The van der Waals surface area contributed by atoms with Crippen molar-refractivity contribution in [2.45, 2.75) is 58.9 Å². The van der Waals surface area contributed by atoms with Crippen LogP contribution in [-0.2, 0) is 0 Å². The van der Waals surface area contributed by atoms with Crippen LogP contribution in [0.25, 0.3) is 0 Å². The van der Waals surface area contributed by atoms with E-state index in [-0.39, 0.29) is 11.9 Å². The summed E-state index contributed by atoms with van der Waals surface area (Å²) in [6, 6.07) is 5.85. The van der Waals surface area contributed by atoms with Gasteiger partial charge in [0, 0.05) is 11.6 Å². The van der Waals surface area contributed by atoms with Crippen molar-refractivity contribution in [3.8, 4) is 0 Å². The van der Waals surface area contributed by atoms with E-state index in [1.54, 1.807) is 6.07 Å². The summed E-state index contributed by atoms with van der Waals surface area (Å²) in [7, 11) is 0. The van der Waals surface area contributed by atoms with Gasteiger partial charge in [0.05, 0.1) is 0 Å². The van der Waals surface area contributed by atoms with Gasteiger partial charge in [-0.3, -0.25) is 0 Å². The summed E-state index contributed by atoms with van der Waals surface area (Å²) in [5.74, 6) is 1.42. The predicted molar refractivity (Wildman–Crippen MR) is 83.3 cm³/mol. The molecular formula is C18H28FN. The Hall–Kier alpha value is -0.890. The van der Waals surface area contributed by atoms with E-state index in [4.69, 9.17) is 0 Å². The lowest BCUT2D eigenvalue weighted by Gasteiger charge is -2.34. The molecule has 0 heterocycles. The van der Waals surface area contributed by atoms with Gasteiger partial charge >= 0.3 is 0 Å². The van der Waals surface area contributed by atoms with Crippen molar-refractivity contribution in [3.05, 3.63) is 35.1 Å². The number of aryl methyl sites for hydroxylation is 1. The summed E-state index contributed by atoms with van der Waals surface area (Å²) >= 11 is 0. The zero-order valence-electron chi connectivity index (χ0n) is 13.1. The number of benzene rings is 1. The maximum Gasteiger partial charge on any atom is 0.128 e. The molecule has 1 aliphatic carbocycles. The van der Waals surface area contributed by atoms with Gasteiger partial charge in [-0.2, -0.15) is 0 Å². The minimum atomic E-state index is -0.0476. The van der Waals surface area contributed by atoms with Gasteiger partial charge in [0.15, 0.2) is 0 Å². The second kappa shape index (κ2) is 7.21. The van der Waals surface area contributed by atoms with Gasteiger partial charge < -0.3 is 5.32 Å². The number of hydrogen-bond acceptors (Lipinski definition) is 1. The van der Waals surface area contributed by atoms with Gasteiger partial charge in [0.2, 0.25) is 0 Å². The molecule has 1 atom stereocenters. The zero-order valence-corrected chi connectivity index (χ0v) is 13.1. The minimum absolute atomic E-state index is 0.0476. The molecule has 0 radical (unpaired) electrons. The number of rotatable bonds is 5. The van der Waals surface area contributed by atoms with Crippen molar-refractivity contribution in [1.82, 2.24) is 5.32 Å². The first kappa shape index (κ1) is 15.5. The summed E-state index contributed by atoms with van der Waals surface area (Å²) in [5.41, 5.74) is 1.86. The molecule has 112 valence electrons. The van der Waals surface area contributed by atoms with Crippen LogP contribution in [0.1, 0.15) is 63.1 Å². The Balaban J connectivity index is 2.14. The molecule has 1 aliphatic rings. The Kier molecular flexibility index (Phi) is 5.59. The normalized spacial score (nSPS) is 24.6. The predicted octanol–water partition coefficient (Wildman–Crippen LogP) is 5.00. The fourth-order valence-electron chi connectivity index (χ4n) is 3.56. The van der Waals surface area contributed by atoms with Crippen molar-refractivity contribution < 1.29 is 4.39 Å². The Morgan fingerprint density at radius 2 is 1.90 bits per heavy atom. The van der Waals surface area contributed by atoms with Crippen LogP contribution in [-0.4, -0.2) is 6.54 Å². The average Bonchev–Trinajstić information content (AvgIpc) is 2.46. The van der Waals surface area contributed by atoms with Crippen molar-refractivity contribution >= 4 is 0 Å². The first-order chi connectivity index (χ1) is 9.65. The van der Waals surface area contributed by atoms with Crippen LogP contribution < -0.4 is 5.32 Å². The molecule has 2 rings (SSSR count). The van der Waals surface area contributed by atoms with Crippen LogP contribution in [0.2, 0.25) is 0 Å². The first-order valence-electron chi connectivity index (χ1n) is 8.15. The molecule has 1 saturated carbocycles. The molecule has 0 amide bonds. The van der Waals surface area contributed by atoms with Crippen molar-refractivity contribution in [2.75, 3.05) is 6.54 Å². The Morgan fingerprint density at radius 1 is 1.20 bits per heavy atom. The molecule has 1 N–H and O–H groups in total. The summed E-state index contributed by atoms with van der Waals surface area (Å²) in [5, 5.41) is 3.52. The smallest absolute Gasteiger partial charge is 0.128 e. The summed E-state index contributed by atoms with van der Waals surface area (Å²) in [4.78, 5) is 0. The Bertz CT molecular complexity index is 421. The van der Waals surface area contributed by atoms with Crippen LogP contribution in [0.3, 0.4) is 0 Å². The van der Waals surface area contributed by atoms with Gasteiger partial charge in [-0.05, 0) is 49.8 Å². The van der Waals surface area contributed by atoms with Gasteiger partial charge in [-0.15, -0.1) is 0 Å². The summed E-state index contributed by atoms with van der Waals surface area (Å²) in [6.07, 6.45) is 6.34. The standard InChI is InChI=1S/C18H28FN/c1-4-14-7-9-15(10-8-14)18(20-5-2)16-11-6-13(3)12-17(16)19/h6,11-12,14-15,18,20H,4-5,7-10H2,1-3H3. The van der Waals surface area contributed by atoms with Gasteiger partial charge in [0.25, 0.3) is 0 Å². The van der Waals surface area contributed by atoms with Crippen LogP contribution in [0.5, 0.6) is 0 Å². The third kappa shape index (κ3) is 3.60. The second-order valence-electron chi connectivity index (χ2n) is 6.25.